The molecule has 8 heteroatoms. The van der Waals surface area contributed by atoms with Crippen LogP contribution in [0.5, 0.6) is 5.75 Å². The van der Waals surface area contributed by atoms with Crippen molar-refractivity contribution < 1.29 is 9.53 Å². The molecular formula is C14H18N4O2S2. The molecule has 0 fully saturated rings. The molecule has 0 spiro atoms. The van der Waals surface area contributed by atoms with Gasteiger partial charge in [-0.1, -0.05) is 23.1 Å². The molecule has 1 aromatic carbocycles. The average Bonchev–Trinajstić information content (AvgIpc) is 2.94. The smallest absolute Gasteiger partial charge is 0.235 e. The molecule has 0 aliphatic rings. The van der Waals surface area contributed by atoms with E-state index in [1.807, 2.05) is 31.2 Å². The third kappa shape index (κ3) is 4.35. The fourth-order valence-corrected chi connectivity index (χ4v) is 3.73. The molecule has 2 aromatic rings. The summed E-state index contributed by atoms with van der Waals surface area (Å²) in [6.07, 6.45) is 0. The van der Waals surface area contributed by atoms with Gasteiger partial charge in [0.2, 0.25) is 11.0 Å². The van der Waals surface area contributed by atoms with Gasteiger partial charge >= 0.3 is 0 Å². The minimum Gasteiger partial charge on any atom is -0.497 e. The van der Waals surface area contributed by atoms with E-state index in [0.717, 1.165) is 15.8 Å². The molecule has 0 saturated heterocycles. The molecule has 0 saturated carbocycles. The van der Waals surface area contributed by atoms with Crippen molar-refractivity contribution in [2.24, 2.45) is 0 Å². The van der Waals surface area contributed by atoms with Crippen molar-refractivity contribution in [2.75, 3.05) is 26.5 Å². The van der Waals surface area contributed by atoms with Crippen LogP contribution in [0.25, 0.3) is 0 Å². The largest absolute Gasteiger partial charge is 0.497 e. The lowest BCUT2D eigenvalue weighted by Gasteiger charge is -2.14. The zero-order chi connectivity index (χ0) is 16.1. The van der Waals surface area contributed by atoms with Crippen molar-refractivity contribution in [1.29, 1.82) is 0 Å². The predicted molar refractivity (Wildman–Crippen MR) is 90.2 cm³/mol. The SMILES string of the molecule is COc1ccc(Nc2nnc(S[C@@H](C)C(=O)N(C)C)s2)cc1. The van der Waals surface area contributed by atoms with Crippen LogP contribution in [0.4, 0.5) is 10.8 Å². The molecule has 1 aromatic heterocycles. The molecule has 1 N–H and O–H groups in total. The van der Waals surface area contributed by atoms with Crippen LogP contribution < -0.4 is 10.1 Å². The zero-order valence-electron chi connectivity index (χ0n) is 12.9. The molecular weight excluding hydrogens is 320 g/mol. The summed E-state index contributed by atoms with van der Waals surface area (Å²) in [5.74, 6) is 0.861. The maximum absolute atomic E-state index is 11.8. The lowest BCUT2D eigenvalue weighted by molar-refractivity contribution is -0.127. The summed E-state index contributed by atoms with van der Waals surface area (Å²) in [5.41, 5.74) is 0.908. The van der Waals surface area contributed by atoms with Gasteiger partial charge in [0.1, 0.15) is 5.75 Å². The number of ether oxygens (including phenoxy) is 1. The van der Waals surface area contributed by atoms with Gasteiger partial charge in [0.05, 0.1) is 12.4 Å². The van der Waals surface area contributed by atoms with Crippen molar-refractivity contribution in [1.82, 2.24) is 15.1 Å². The molecule has 0 aliphatic carbocycles. The Hall–Kier alpha value is -1.80. The predicted octanol–water partition coefficient (Wildman–Crippen LogP) is 2.86. The third-order valence-electron chi connectivity index (χ3n) is 2.81. The standard InChI is InChI=1S/C14H18N4O2S2/c1-9(12(19)18(2)3)21-14-17-16-13(22-14)15-10-5-7-11(20-4)8-6-10/h5-9H,1-4H3,(H,15,16)/t9-/m0/s1. The maximum Gasteiger partial charge on any atom is 0.235 e. The highest BCUT2D eigenvalue weighted by atomic mass is 32.2. The van der Waals surface area contributed by atoms with Gasteiger partial charge in [0.15, 0.2) is 4.34 Å². The second kappa shape index (κ2) is 7.46. The van der Waals surface area contributed by atoms with E-state index in [1.54, 1.807) is 26.1 Å². The van der Waals surface area contributed by atoms with Crippen molar-refractivity contribution in [3.05, 3.63) is 24.3 Å². The Morgan fingerprint density at radius 1 is 1.32 bits per heavy atom. The van der Waals surface area contributed by atoms with Gasteiger partial charge in [0, 0.05) is 19.8 Å². The van der Waals surface area contributed by atoms with Crippen LogP contribution in [0.2, 0.25) is 0 Å². The number of anilines is 2. The molecule has 0 radical (unpaired) electrons. The number of methoxy groups -OCH3 is 1. The van der Waals surface area contributed by atoms with E-state index >= 15 is 0 Å². The van der Waals surface area contributed by atoms with Crippen molar-refractivity contribution in [2.45, 2.75) is 16.5 Å². The number of nitrogens with one attached hydrogen (secondary N) is 1. The van der Waals surface area contributed by atoms with E-state index in [-0.39, 0.29) is 11.2 Å². The number of amides is 1. The van der Waals surface area contributed by atoms with Crippen molar-refractivity contribution in [3.63, 3.8) is 0 Å². The Balaban J connectivity index is 1.97. The lowest BCUT2D eigenvalue weighted by Crippen LogP contribution is -2.29. The molecule has 2 rings (SSSR count). The first-order valence-corrected chi connectivity index (χ1v) is 8.31. The quantitative estimate of drug-likeness (QED) is 0.817. The Labute approximate surface area is 137 Å². The van der Waals surface area contributed by atoms with Gasteiger partial charge in [-0.15, -0.1) is 10.2 Å². The van der Waals surface area contributed by atoms with Crippen LogP contribution in [0.1, 0.15) is 6.92 Å². The fraction of sp³-hybridized carbons (Fsp3) is 0.357. The van der Waals surface area contributed by atoms with Gasteiger partial charge in [0.25, 0.3) is 0 Å². The van der Waals surface area contributed by atoms with Crippen molar-refractivity contribution >= 4 is 39.8 Å². The summed E-state index contributed by atoms with van der Waals surface area (Å²) in [6.45, 7) is 1.87. The number of benzene rings is 1. The van der Waals surface area contributed by atoms with E-state index in [2.05, 4.69) is 15.5 Å². The monoisotopic (exact) mass is 338 g/mol. The van der Waals surface area contributed by atoms with Crippen LogP contribution in [0.15, 0.2) is 28.6 Å². The molecule has 0 aliphatic heterocycles. The minimum atomic E-state index is -0.184. The molecule has 118 valence electrons. The minimum absolute atomic E-state index is 0.0601. The number of carbonyl (C=O) groups excluding carboxylic acids is 1. The average molecular weight is 338 g/mol. The molecule has 0 bridgehead atoms. The van der Waals surface area contributed by atoms with Crippen LogP contribution in [0, 0.1) is 0 Å². The second-order valence-electron chi connectivity index (χ2n) is 4.72. The fourth-order valence-electron chi connectivity index (χ4n) is 1.67. The number of rotatable bonds is 6. The third-order valence-corrected chi connectivity index (χ3v) is 4.82. The number of carbonyl (C=O) groups is 1. The summed E-state index contributed by atoms with van der Waals surface area (Å²) in [7, 11) is 5.12. The number of hydrogen-bond donors (Lipinski definition) is 1. The Morgan fingerprint density at radius 3 is 2.59 bits per heavy atom. The van der Waals surface area contributed by atoms with E-state index in [0.29, 0.717) is 5.13 Å². The second-order valence-corrected chi connectivity index (χ2v) is 7.28. The van der Waals surface area contributed by atoms with Crippen LogP contribution >= 0.6 is 23.1 Å². The molecule has 6 nitrogen and oxygen atoms in total. The normalized spacial score (nSPS) is 11.8. The number of aromatic nitrogens is 2. The Bertz CT molecular complexity index is 628. The lowest BCUT2D eigenvalue weighted by atomic mass is 10.3. The summed E-state index contributed by atoms with van der Waals surface area (Å²) >= 11 is 2.83. The highest BCUT2D eigenvalue weighted by Crippen LogP contribution is 2.31. The molecule has 1 amide bonds. The van der Waals surface area contributed by atoms with Crippen molar-refractivity contribution in [3.8, 4) is 5.75 Å². The summed E-state index contributed by atoms with van der Waals surface area (Å²) in [6, 6.07) is 7.56. The first kappa shape index (κ1) is 16.6. The molecule has 22 heavy (non-hydrogen) atoms. The van der Waals surface area contributed by atoms with Gasteiger partial charge in [-0.05, 0) is 31.2 Å². The number of nitrogens with zero attached hydrogens (tertiary/aromatic N) is 3. The topological polar surface area (TPSA) is 67.3 Å². The van der Waals surface area contributed by atoms with Gasteiger partial charge in [-0.3, -0.25) is 4.79 Å². The van der Waals surface area contributed by atoms with Gasteiger partial charge in [-0.25, -0.2) is 0 Å². The first-order valence-electron chi connectivity index (χ1n) is 6.62. The van der Waals surface area contributed by atoms with Gasteiger partial charge < -0.3 is 15.0 Å². The summed E-state index contributed by atoms with van der Waals surface area (Å²) in [4.78, 5) is 13.4. The summed E-state index contributed by atoms with van der Waals surface area (Å²) < 4.78 is 5.88. The first-order chi connectivity index (χ1) is 10.5. The van der Waals surface area contributed by atoms with E-state index in [1.165, 1.54) is 23.1 Å². The molecule has 1 atom stereocenters. The highest BCUT2D eigenvalue weighted by Gasteiger charge is 2.18. The number of thioether (sulfide) groups is 1. The maximum atomic E-state index is 11.8. The van der Waals surface area contributed by atoms with E-state index in [4.69, 9.17) is 4.74 Å². The zero-order valence-corrected chi connectivity index (χ0v) is 14.5. The van der Waals surface area contributed by atoms with Crippen LogP contribution in [0.3, 0.4) is 0 Å². The van der Waals surface area contributed by atoms with Crippen LogP contribution in [-0.2, 0) is 4.79 Å². The number of hydrogen-bond acceptors (Lipinski definition) is 7. The Morgan fingerprint density at radius 2 is 2.00 bits per heavy atom. The van der Waals surface area contributed by atoms with Crippen LogP contribution in [-0.4, -0.2) is 47.5 Å². The van der Waals surface area contributed by atoms with Gasteiger partial charge in [-0.2, -0.15) is 0 Å². The summed E-state index contributed by atoms with van der Waals surface area (Å²) in [5, 5.41) is 11.9. The molecule has 0 unspecified atom stereocenters. The Kier molecular flexibility index (Phi) is 5.62. The molecule has 1 heterocycles. The van der Waals surface area contributed by atoms with E-state index < -0.39 is 0 Å². The van der Waals surface area contributed by atoms with E-state index in [9.17, 15) is 4.79 Å². The highest BCUT2D eigenvalue weighted by molar-refractivity contribution is 8.02.